The zero-order valence-electron chi connectivity index (χ0n) is 13.5. The number of piperidine rings is 1. The maximum atomic E-state index is 12.6. The maximum absolute atomic E-state index is 12.6. The summed E-state index contributed by atoms with van der Waals surface area (Å²) in [6.45, 7) is 11.4. The van der Waals surface area contributed by atoms with Crippen molar-refractivity contribution in [3.05, 3.63) is 0 Å². The molecular weight excluding hydrogens is 254 g/mol. The average Bonchev–Trinajstić information content (AvgIpc) is 2.34. The number of carbonyl (C=O) groups is 2. The highest BCUT2D eigenvalue weighted by Gasteiger charge is 2.43. The first-order chi connectivity index (χ1) is 9.05. The molecule has 1 aliphatic rings. The third-order valence-corrected chi connectivity index (χ3v) is 4.69. The van der Waals surface area contributed by atoms with Gasteiger partial charge in [0.05, 0.1) is 5.41 Å². The third-order valence-electron chi connectivity index (χ3n) is 4.69. The van der Waals surface area contributed by atoms with Crippen LogP contribution in [0.15, 0.2) is 0 Å². The lowest BCUT2D eigenvalue weighted by atomic mass is 9.73. The highest BCUT2D eigenvalue weighted by Crippen LogP contribution is 2.32. The molecular formula is C15H29N3O2. The minimum absolute atomic E-state index is 0.00882. The Morgan fingerprint density at radius 1 is 1.20 bits per heavy atom. The van der Waals surface area contributed by atoms with Gasteiger partial charge in [-0.15, -0.1) is 0 Å². The first-order valence-electron chi connectivity index (χ1n) is 7.38. The van der Waals surface area contributed by atoms with Crippen molar-refractivity contribution in [1.82, 2.24) is 10.2 Å². The van der Waals surface area contributed by atoms with E-state index in [1.807, 2.05) is 32.6 Å². The van der Waals surface area contributed by atoms with Gasteiger partial charge in [0.2, 0.25) is 11.8 Å². The SMILES string of the molecule is CC(=O)NCC1CCN(C(=O)C(C)(C)C(C)(C)N)CC1. The normalized spacial score (nSPS) is 18.0. The summed E-state index contributed by atoms with van der Waals surface area (Å²) in [6, 6.07) is 0. The highest BCUT2D eigenvalue weighted by atomic mass is 16.2. The van der Waals surface area contributed by atoms with Crippen LogP contribution in [0.25, 0.3) is 0 Å². The second kappa shape index (κ2) is 6.12. The summed E-state index contributed by atoms with van der Waals surface area (Å²) in [5.41, 5.74) is 5.02. The van der Waals surface area contributed by atoms with Crippen molar-refractivity contribution in [2.75, 3.05) is 19.6 Å². The monoisotopic (exact) mass is 283 g/mol. The van der Waals surface area contributed by atoms with Crippen molar-refractivity contribution in [2.45, 2.75) is 53.0 Å². The van der Waals surface area contributed by atoms with Crippen molar-refractivity contribution in [2.24, 2.45) is 17.1 Å². The lowest BCUT2D eigenvalue weighted by molar-refractivity contribution is -0.145. The Bertz CT molecular complexity index is 364. The predicted octanol–water partition coefficient (Wildman–Crippen LogP) is 1.12. The molecule has 0 atom stereocenters. The summed E-state index contributed by atoms with van der Waals surface area (Å²) >= 11 is 0. The van der Waals surface area contributed by atoms with Crippen LogP contribution in [-0.2, 0) is 9.59 Å². The van der Waals surface area contributed by atoms with E-state index in [4.69, 9.17) is 5.73 Å². The van der Waals surface area contributed by atoms with Gasteiger partial charge in [-0.05, 0) is 46.5 Å². The van der Waals surface area contributed by atoms with Gasteiger partial charge >= 0.3 is 0 Å². The van der Waals surface area contributed by atoms with Crippen molar-refractivity contribution in [1.29, 1.82) is 0 Å². The fourth-order valence-electron chi connectivity index (χ4n) is 2.30. The molecule has 1 saturated heterocycles. The van der Waals surface area contributed by atoms with E-state index in [0.717, 1.165) is 25.9 Å². The van der Waals surface area contributed by atoms with Gasteiger partial charge < -0.3 is 16.0 Å². The van der Waals surface area contributed by atoms with Gasteiger partial charge in [-0.2, -0.15) is 0 Å². The van der Waals surface area contributed by atoms with Gasteiger partial charge in [0.15, 0.2) is 0 Å². The van der Waals surface area contributed by atoms with Crippen LogP contribution in [0.1, 0.15) is 47.5 Å². The molecule has 1 rings (SSSR count). The number of rotatable bonds is 4. The summed E-state index contributed by atoms with van der Waals surface area (Å²) in [4.78, 5) is 25.4. The molecule has 5 nitrogen and oxygen atoms in total. The zero-order valence-corrected chi connectivity index (χ0v) is 13.5. The van der Waals surface area contributed by atoms with Gasteiger partial charge in [0.25, 0.3) is 0 Å². The number of hydrogen-bond donors (Lipinski definition) is 2. The van der Waals surface area contributed by atoms with Crippen LogP contribution in [-0.4, -0.2) is 41.9 Å². The molecule has 5 heteroatoms. The van der Waals surface area contributed by atoms with Gasteiger partial charge in [0, 0.05) is 32.1 Å². The molecule has 0 aromatic rings. The van der Waals surface area contributed by atoms with E-state index in [9.17, 15) is 9.59 Å². The largest absolute Gasteiger partial charge is 0.356 e. The quantitative estimate of drug-likeness (QED) is 0.812. The molecule has 1 aliphatic heterocycles. The van der Waals surface area contributed by atoms with Crippen LogP contribution in [0.5, 0.6) is 0 Å². The number of amides is 2. The van der Waals surface area contributed by atoms with Crippen molar-refractivity contribution in [3.8, 4) is 0 Å². The fraction of sp³-hybridized carbons (Fsp3) is 0.867. The van der Waals surface area contributed by atoms with Crippen LogP contribution in [0.2, 0.25) is 0 Å². The summed E-state index contributed by atoms with van der Waals surface area (Å²) < 4.78 is 0. The fourth-order valence-corrected chi connectivity index (χ4v) is 2.30. The van der Waals surface area contributed by atoms with E-state index >= 15 is 0 Å². The Morgan fingerprint density at radius 3 is 2.10 bits per heavy atom. The van der Waals surface area contributed by atoms with E-state index in [1.165, 1.54) is 6.92 Å². The molecule has 0 radical (unpaired) electrons. The minimum atomic E-state index is -0.572. The maximum Gasteiger partial charge on any atom is 0.230 e. The first-order valence-corrected chi connectivity index (χ1v) is 7.38. The first kappa shape index (κ1) is 17.0. The van der Waals surface area contributed by atoms with E-state index in [1.54, 1.807) is 0 Å². The molecule has 0 saturated carbocycles. The summed E-state index contributed by atoms with van der Waals surface area (Å²) in [5, 5.41) is 2.85. The number of nitrogens with one attached hydrogen (secondary N) is 1. The summed E-state index contributed by atoms with van der Waals surface area (Å²) in [5.74, 6) is 0.606. The van der Waals surface area contributed by atoms with Crippen LogP contribution >= 0.6 is 0 Å². The Hall–Kier alpha value is -1.10. The molecule has 0 aromatic heterocycles. The van der Waals surface area contributed by atoms with E-state index < -0.39 is 11.0 Å². The molecule has 116 valence electrons. The van der Waals surface area contributed by atoms with E-state index in [2.05, 4.69) is 5.32 Å². The molecule has 0 bridgehead atoms. The number of nitrogens with two attached hydrogens (primary N) is 1. The molecule has 0 spiro atoms. The Labute approximate surface area is 122 Å². The van der Waals surface area contributed by atoms with Crippen molar-refractivity contribution >= 4 is 11.8 Å². The van der Waals surface area contributed by atoms with Crippen LogP contribution in [0, 0.1) is 11.3 Å². The minimum Gasteiger partial charge on any atom is -0.356 e. The lowest BCUT2D eigenvalue weighted by Crippen LogP contribution is -2.57. The zero-order chi connectivity index (χ0) is 15.6. The van der Waals surface area contributed by atoms with E-state index in [-0.39, 0.29) is 11.8 Å². The summed E-state index contributed by atoms with van der Waals surface area (Å²) in [6.07, 6.45) is 1.88. The molecule has 0 aliphatic carbocycles. The second-order valence-corrected chi connectivity index (χ2v) is 7.02. The van der Waals surface area contributed by atoms with Gasteiger partial charge in [-0.3, -0.25) is 9.59 Å². The molecule has 1 fully saturated rings. The van der Waals surface area contributed by atoms with Gasteiger partial charge in [-0.25, -0.2) is 0 Å². The topological polar surface area (TPSA) is 75.4 Å². The molecule has 0 aromatic carbocycles. The Morgan fingerprint density at radius 2 is 1.70 bits per heavy atom. The predicted molar refractivity (Wildman–Crippen MR) is 80.0 cm³/mol. The molecule has 1 heterocycles. The molecule has 3 N–H and O–H groups in total. The number of hydrogen-bond acceptors (Lipinski definition) is 3. The molecule has 0 unspecified atom stereocenters. The summed E-state index contributed by atoms with van der Waals surface area (Å²) in [7, 11) is 0. The highest BCUT2D eigenvalue weighted by molar-refractivity contribution is 5.83. The Balaban J connectivity index is 2.53. The average molecular weight is 283 g/mol. The molecule has 2 amide bonds. The lowest BCUT2D eigenvalue weighted by Gasteiger charge is -2.42. The standard InChI is InChI=1S/C15H29N3O2/c1-11(19)17-10-12-6-8-18(9-7-12)13(20)14(2,3)15(4,5)16/h12H,6-10,16H2,1-5H3,(H,17,19). The van der Waals surface area contributed by atoms with Gasteiger partial charge in [0.1, 0.15) is 0 Å². The second-order valence-electron chi connectivity index (χ2n) is 7.02. The van der Waals surface area contributed by atoms with Crippen LogP contribution < -0.4 is 11.1 Å². The Kier molecular flexibility index (Phi) is 5.19. The van der Waals surface area contributed by atoms with Crippen LogP contribution in [0.3, 0.4) is 0 Å². The molecule has 20 heavy (non-hydrogen) atoms. The third kappa shape index (κ3) is 3.95. The number of carbonyl (C=O) groups excluding carboxylic acids is 2. The van der Waals surface area contributed by atoms with Crippen molar-refractivity contribution in [3.63, 3.8) is 0 Å². The number of nitrogens with zero attached hydrogens (tertiary/aromatic N) is 1. The van der Waals surface area contributed by atoms with Crippen molar-refractivity contribution < 1.29 is 9.59 Å². The van der Waals surface area contributed by atoms with E-state index in [0.29, 0.717) is 12.5 Å². The van der Waals surface area contributed by atoms with Crippen LogP contribution in [0.4, 0.5) is 0 Å². The number of likely N-dealkylation sites (tertiary alicyclic amines) is 1. The smallest absolute Gasteiger partial charge is 0.230 e. The van der Waals surface area contributed by atoms with Gasteiger partial charge in [-0.1, -0.05) is 0 Å².